The topological polar surface area (TPSA) is 66.7 Å². The van der Waals surface area contributed by atoms with Crippen molar-refractivity contribution >= 4 is 5.69 Å². The lowest BCUT2D eigenvalue weighted by Gasteiger charge is -2.02. The van der Waals surface area contributed by atoms with E-state index in [1.807, 2.05) is 20.0 Å². The first kappa shape index (κ1) is 8.80. The predicted octanol–water partition coefficient (Wildman–Crippen LogP) is 1.63. The molecule has 2 N–H and O–H groups in total. The molecule has 0 amide bonds. The van der Waals surface area contributed by atoms with Gasteiger partial charge in [0.15, 0.2) is 5.76 Å². The van der Waals surface area contributed by atoms with E-state index in [-0.39, 0.29) is 0 Å². The van der Waals surface area contributed by atoms with Crippen LogP contribution in [0.2, 0.25) is 0 Å². The average molecular weight is 192 g/mol. The molecule has 0 aliphatic rings. The predicted molar refractivity (Wildman–Crippen MR) is 51.9 cm³/mol. The van der Waals surface area contributed by atoms with Gasteiger partial charge < -0.3 is 9.84 Å². The number of aromatic amines is 1. The third-order valence-corrected chi connectivity index (χ3v) is 2.06. The second-order valence-electron chi connectivity index (χ2n) is 3.16. The quantitative estimate of drug-likeness (QED) is 0.775. The highest BCUT2D eigenvalue weighted by Gasteiger charge is 2.07. The Bertz CT molecular complexity index is 385. The maximum absolute atomic E-state index is 5.03. The van der Waals surface area contributed by atoms with Crippen LogP contribution in [0.4, 0.5) is 5.69 Å². The van der Waals surface area contributed by atoms with E-state index >= 15 is 0 Å². The van der Waals surface area contributed by atoms with E-state index in [1.165, 1.54) is 0 Å². The van der Waals surface area contributed by atoms with Crippen molar-refractivity contribution in [2.45, 2.75) is 20.4 Å². The van der Waals surface area contributed by atoms with Crippen molar-refractivity contribution in [3.8, 4) is 0 Å². The fourth-order valence-electron chi connectivity index (χ4n) is 1.30. The number of anilines is 1. The second kappa shape index (κ2) is 3.53. The summed E-state index contributed by atoms with van der Waals surface area (Å²) in [5, 5.41) is 13.7. The first-order valence-electron chi connectivity index (χ1n) is 4.42. The van der Waals surface area contributed by atoms with Crippen molar-refractivity contribution in [2.75, 3.05) is 5.32 Å². The summed E-state index contributed by atoms with van der Waals surface area (Å²) in [6.07, 6.45) is 3.64. The van der Waals surface area contributed by atoms with Crippen molar-refractivity contribution in [3.63, 3.8) is 0 Å². The molecule has 0 aromatic carbocycles. The first-order chi connectivity index (χ1) is 6.77. The lowest BCUT2D eigenvalue weighted by atomic mass is 10.3. The molecule has 14 heavy (non-hydrogen) atoms. The molecule has 0 aliphatic heterocycles. The molecule has 5 heteroatoms. The molecule has 0 saturated carbocycles. The Morgan fingerprint density at radius 3 is 2.93 bits per heavy atom. The van der Waals surface area contributed by atoms with Gasteiger partial charge in [-0.25, -0.2) is 0 Å². The molecule has 0 spiro atoms. The molecule has 0 radical (unpaired) electrons. The molecule has 0 saturated heterocycles. The van der Waals surface area contributed by atoms with E-state index in [1.54, 1.807) is 6.20 Å². The molecule has 2 heterocycles. The molecule has 0 aliphatic carbocycles. The van der Waals surface area contributed by atoms with E-state index in [9.17, 15) is 0 Å². The standard InChI is InChI=1S/C9H12N4O/c1-6-9(7(2)14-13-6)10-3-8-4-11-12-5-8/h4-5,10H,3H2,1-2H3,(H,11,12). The summed E-state index contributed by atoms with van der Waals surface area (Å²) >= 11 is 0. The molecule has 2 aromatic heterocycles. The van der Waals surface area contributed by atoms with E-state index < -0.39 is 0 Å². The maximum atomic E-state index is 5.03. The maximum Gasteiger partial charge on any atom is 0.157 e. The van der Waals surface area contributed by atoms with Gasteiger partial charge in [-0.3, -0.25) is 5.10 Å². The van der Waals surface area contributed by atoms with E-state index in [4.69, 9.17) is 4.52 Å². The molecule has 2 rings (SSSR count). The highest BCUT2D eigenvalue weighted by Crippen LogP contribution is 2.19. The smallest absolute Gasteiger partial charge is 0.157 e. The summed E-state index contributed by atoms with van der Waals surface area (Å²) in [5.74, 6) is 0.811. The van der Waals surface area contributed by atoms with Crippen molar-refractivity contribution in [1.82, 2.24) is 15.4 Å². The van der Waals surface area contributed by atoms with Crippen molar-refractivity contribution < 1.29 is 4.52 Å². The Labute approximate surface area is 81.5 Å². The third-order valence-electron chi connectivity index (χ3n) is 2.06. The van der Waals surface area contributed by atoms with Crippen LogP contribution in [0.1, 0.15) is 17.0 Å². The third kappa shape index (κ3) is 1.61. The van der Waals surface area contributed by atoms with Crippen LogP contribution in [0.5, 0.6) is 0 Å². The summed E-state index contributed by atoms with van der Waals surface area (Å²) in [4.78, 5) is 0. The fraction of sp³-hybridized carbons (Fsp3) is 0.333. The van der Waals surface area contributed by atoms with Gasteiger partial charge in [0.25, 0.3) is 0 Å². The van der Waals surface area contributed by atoms with Gasteiger partial charge in [0.1, 0.15) is 11.4 Å². The first-order valence-corrected chi connectivity index (χ1v) is 4.42. The number of rotatable bonds is 3. The minimum Gasteiger partial charge on any atom is -0.376 e. The van der Waals surface area contributed by atoms with Crippen LogP contribution in [0.3, 0.4) is 0 Å². The Morgan fingerprint density at radius 2 is 2.36 bits per heavy atom. The van der Waals surface area contributed by atoms with Gasteiger partial charge in [-0.05, 0) is 13.8 Å². The average Bonchev–Trinajstić information content (AvgIpc) is 2.76. The minimum absolute atomic E-state index is 0.722. The van der Waals surface area contributed by atoms with Gasteiger partial charge in [-0.2, -0.15) is 5.10 Å². The molecule has 5 nitrogen and oxygen atoms in total. The monoisotopic (exact) mass is 192 g/mol. The van der Waals surface area contributed by atoms with Crippen molar-refractivity contribution in [3.05, 3.63) is 29.4 Å². The van der Waals surface area contributed by atoms with Crippen molar-refractivity contribution in [2.24, 2.45) is 0 Å². The number of nitrogens with one attached hydrogen (secondary N) is 2. The SMILES string of the molecule is Cc1noc(C)c1NCc1cn[nH]c1. The molecular weight excluding hydrogens is 180 g/mol. The largest absolute Gasteiger partial charge is 0.376 e. The van der Waals surface area contributed by atoms with Crippen LogP contribution >= 0.6 is 0 Å². The zero-order chi connectivity index (χ0) is 9.97. The van der Waals surface area contributed by atoms with Gasteiger partial charge in [-0.1, -0.05) is 5.16 Å². The van der Waals surface area contributed by atoms with E-state index in [0.29, 0.717) is 0 Å². The number of aromatic nitrogens is 3. The fourth-order valence-corrected chi connectivity index (χ4v) is 1.30. The number of hydrogen-bond donors (Lipinski definition) is 2. The van der Waals surface area contributed by atoms with Crippen LogP contribution in [-0.2, 0) is 6.54 Å². The Morgan fingerprint density at radius 1 is 1.50 bits per heavy atom. The Hall–Kier alpha value is -1.78. The van der Waals surface area contributed by atoms with Gasteiger partial charge in [0, 0.05) is 18.3 Å². The van der Waals surface area contributed by atoms with Gasteiger partial charge in [0.2, 0.25) is 0 Å². The summed E-state index contributed by atoms with van der Waals surface area (Å²) in [6, 6.07) is 0. The second-order valence-corrected chi connectivity index (χ2v) is 3.16. The van der Waals surface area contributed by atoms with Crippen molar-refractivity contribution in [1.29, 1.82) is 0 Å². The molecule has 0 atom stereocenters. The molecule has 2 aromatic rings. The lowest BCUT2D eigenvalue weighted by molar-refractivity contribution is 0.393. The summed E-state index contributed by atoms with van der Waals surface area (Å²) < 4.78 is 5.03. The lowest BCUT2D eigenvalue weighted by Crippen LogP contribution is -1.99. The molecule has 0 fully saturated rings. The minimum atomic E-state index is 0.722. The van der Waals surface area contributed by atoms with Gasteiger partial charge in [0.05, 0.1) is 6.20 Å². The van der Waals surface area contributed by atoms with Gasteiger partial charge >= 0.3 is 0 Å². The zero-order valence-electron chi connectivity index (χ0n) is 8.16. The number of H-pyrrole nitrogens is 1. The van der Waals surface area contributed by atoms with Crippen LogP contribution in [0.15, 0.2) is 16.9 Å². The summed E-state index contributed by atoms with van der Waals surface area (Å²) in [7, 11) is 0. The highest BCUT2D eigenvalue weighted by molar-refractivity contribution is 5.50. The molecular formula is C9H12N4O. The highest BCUT2D eigenvalue weighted by atomic mass is 16.5. The Balaban J connectivity index is 2.05. The molecule has 74 valence electrons. The van der Waals surface area contributed by atoms with Crippen LogP contribution in [-0.4, -0.2) is 15.4 Å². The number of hydrogen-bond acceptors (Lipinski definition) is 4. The Kier molecular flexibility index (Phi) is 2.22. The molecule has 0 unspecified atom stereocenters. The molecule has 0 bridgehead atoms. The number of aryl methyl sites for hydroxylation is 2. The van der Waals surface area contributed by atoms with Crippen LogP contribution in [0.25, 0.3) is 0 Å². The summed E-state index contributed by atoms with van der Waals surface area (Å²) in [6.45, 7) is 4.52. The normalized spacial score (nSPS) is 10.4. The summed E-state index contributed by atoms with van der Waals surface area (Å²) in [5.41, 5.74) is 2.95. The van der Waals surface area contributed by atoms with E-state index in [2.05, 4.69) is 20.7 Å². The van der Waals surface area contributed by atoms with Crippen LogP contribution in [0, 0.1) is 13.8 Å². The van der Waals surface area contributed by atoms with E-state index in [0.717, 1.165) is 29.2 Å². The number of nitrogens with zero attached hydrogens (tertiary/aromatic N) is 2. The van der Waals surface area contributed by atoms with Gasteiger partial charge in [-0.15, -0.1) is 0 Å². The zero-order valence-corrected chi connectivity index (χ0v) is 8.16. The van der Waals surface area contributed by atoms with Crippen LogP contribution < -0.4 is 5.32 Å².